The number of carbonyl (C=O) groups is 1. The van der Waals surface area contributed by atoms with Crippen LogP contribution < -0.4 is 0 Å². The van der Waals surface area contributed by atoms with Crippen molar-refractivity contribution in [3.8, 4) is 0 Å². The highest BCUT2D eigenvalue weighted by atomic mass is 32.2. The molecule has 0 saturated carbocycles. The molecule has 110 valence electrons. The first kappa shape index (κ1) is 15.3. The molecular weight excluding hydrogens is 289 g/mol. The van der Waals surface area contributed by atoms with Crippen molar-refractivity contribution in [2.24, 2.45) is 0 Å². The number of piperazine rings is 1. The Labute approximate surface area is 119 Å². The summed E-state index contributed by atoms with van der Waals surface area (Å²) in [5.41, 5.74) is -0.623. The minimum absolute atomic E-state index is 0.419. The van der Waals surface area contributed by atoms with E-state index in [0.29, 0.717) is 11.4 Å². The first-order valence-corrected chi connectivity index (χ1v) is 7.02. The molecule has 0 aromatic heterocycles. The van der Waals surface area contributed by atoms with Crippen molar-refractivity contribution >= 4 is 18.2 Å². The Morgan fingerprint density at radius 3 is 2.50 bits per heavy atom. The van der Waals surface area contributed by atoms with Gasteiger partial charge < -0.3 is 4.79 Å². The maximum Gasteiger partial charge on any atom is 0.416 e. The second kappa shape index (κ2) is 6.60. The monoisotopic (exact) mass is 304 g/mol. The van der Waals surface area contributed by atoms with Crippen molar-refractivity contribution in [3.63, 3.8) is 0 Å². The van der Waals surface area contributed by atoms with Gasteiger partial charge in [-0.3, -0.25) is 4.90 Å². The van der Waals surface area contributed by atoms with Crippen molar-refractivity contribution in [3.05, 3.63) is 29.8 Å². The van der Waals surface area contributed by atoms with E-state index in [1.54, 1.807) is 6.07 Å². The summed E-state index contributed by atoms with van der Waals surface area (Å²) in [5.74, 6) is 0. The average Bonchev–Trinajstić information content (AvgIpc) is 2.41. The van der Waals surface area contributed by atoms with Crippen LogP contribution in [-0.2, 0) is 11.0 Å². The number of benzene rings is 1. The maximum absolute atomic E-state index is 12.6. The molecule has 0 unspecified atom stereocenters. The van der Waals surface area contributed by atoms with Crippen LogP contribution in [0.1, 0.15) is 5.56 Å². The quantitative estimate of drug-likeness (QED) is 0.630. The van der Waals surface area contributed by atoms with E-state index in [9.17, 15) is 18.0 Å². The zero-order valence-corrected chi connectivity index (χ0v) is 11.6. The topological polar surface area (TPSA) is 23.6 Å². The van der Waals surface area contributed by atoms with Crippen molar-refractivity contribution in [1.29, 1.82) is 0 Å². The second-order valence-electron chi connectivity index (χ2n) is 4.51. The van der Waals surface area contributed by atoms with Crippen LogP contribution in [0.15, 0.2) is 29.2 Å². The highest BCUT2D eigenvalue weighted by Gasteiger charge is 2.30. The molecule has 1 aromatic rings. The molecule has 1 aliphatic rings. The van der Waals surface area contributed by atoms with E-state index in [-0.39, 0.29) is 0 Å². The van der Waals surface area contributed by atoms with Crippen molar-refractivity contribution in [2.75, 3.05) is 32.7 Å². The molecule has 1 aliphatic heterocycles. The van der Waals surface area contributed by atoms with Gasteiger partial charge in [-0.2, -0.15) is 13.2 Å². The van der Waals surface area contributed by atoms with E-state index in [2.05, 4.69) is 0 Å². The highest BCUT2D eigenvalue weighted by Crippen LogP contribution is 2.32. The summed E-state index contributed by atoms with van der Waals surface area (Å²) in [6, 6.07) is 5.35. The van der Waals surface area contributed by atoms with Crippen LogP contribution in [0.2, 0.25) is 0 Å². The van der Waals surface area contributed by atoms with E-state index >= 15 is 0 Å². The summed E-state index contributed by atoms with van der Waals surface area (Å²) in [7, 11) is 0. The first-order chi connectivity index (χ1) is 9.49. The lowest BCUT2D eigenvalue weighted by Gasteiger charge is -2.32. The van der Waals surface area contributed by atoms with Crippen LogP contribution in [0.25, 0.3) is 0 Å². The maximum atomic E-state index is 12.6. The lowest BCUT2D eigenvalue weighted by atomic mass is 10.2. The zero-order chi connectivity index (χ0) is 14.6. The minimum atomic E-state index is -4.31. The minimum Gasteiger partial charge on any atom is -0.302 e. The number of alkyl halides is 3. The van der Waals surface area contributed by atoms with E-state index in [0.717, 1.165) is 38.5 Å². The molecule has 0 N–H and O–H groups in total. The summed E-state index contributed by atoms with van der Waals surface area (Å²) < 4.78 is 39.9. The lowest BCUT2D eigenvalue weighted by Crippen LogP contribution is -2.43. The van der Waals surface area contributed by atoms with Gasteiger partial charge in [0.2, 0.25) is 0 Å². The van der Waals surface area contributed by atoms with Crippen LogP contribution in [0.3, 0.4) is 0 Å². The third kappa shape index (κ3) is 4.22. The zero-order valence-electron chi connectivity index (χ0n) is 10.8. The predicted octanol–water partition coefficient (Wildman–Crippen LogP) is 2.53. The molecule has 0 spiro atoms. The van der Waals surface area contributed by atoms with Gasteiger partial charge in [-0.15, -0.1) is 0 Å². The SMILES string of the molecule is O=CCN1CCN(Sc2cccc(C(F)(F)F)c2)CC1. The van der Waals surface area contributed by atoms with Gasteiger partial charge in [-0.25, -0.2) is 4.31 Å². The number of carbonyl (C=O) groups excluding carboxylic acids is 1. The molecule has 1 saturated heterocycles. The van der Waals surface area contributed by atoms with E-state index < -0.39 is 11.7 Å². The third-order valence-electron chi connectivity index (χ3n) is 3.06. The fourth-order valence-electron chi connectivity index (χ4n) is 1.99. The molecule has 0 aliphatic carbocycles. The Hall–Kier alpha value is -1.05. The van der Waals surface area contributed by atoms with Gasteiger partial charge in [0.25, 0.3) is 0 Å². The second-order valence-corrected chi connectivity index (χ2v) is 5.68. The van der Waals surface area contributed by atoms with Crippen LogP contribution in [0.4, 0.5) is 13.2 Å². The van der Waals surface area contributed by atoms with Crippen molar-refractivity contribution in [1.82, 2.24) is 9.21 Å². The largest absolute Gasteiger partial charge is 0.416 e. The summed E-state index contributed by atoms with van der Waals surface area (Å²) in [4.78, 5) is 13.0. The van der Waals surface area contributed by atoms with Crippen molar-refractivity contribution < 1.29 is 18.0 Å². The van der Waals surface area contributed by atoms with Crippen molar-refractivity contribution in [2.45, 2.75) is 11.1 Å². The smallest absolute Gasteiger partial charge is 0.302 e. The van der Waals surface area contributed by atoms with Crippen LogP contribution in [-0.4, -0.2) is 48.2 Å². The average molecular weight is 304 g/mol. The van der Waals surface area contributed by atoms with Gasteiger partial charge in [0.05, 0.1) is 12.1 Å². The van der Waals surface area contributed by atoms with E-state index in [1.807, 2.05) is 9.21 Å². The van der Waals surface area contributed by atoms with E-state index in [1.165, 1.54) is 24.1 Å². The fourth-order valence-corrected chi connectivity index (χ4v) is 2.95. The normalized spacial score (nSPS) is 18.1. The molecule has 0 bridgehead atoms. The van der Waals surface area contributed by atoms with Gasteiger partial charge in [0.1, 0.15) is 6.29 Å². The van der Waals surface area contributed by atoms with Crippen LogP contribution >= 0.6 is 11.9 Å². The Morgan fingerprint density at radius 1 is 1.20 bits per heavy atom. The molecule has 2 rings (SSSR count). The molecular formula is C13H15F3N2OS. The Bertz CT molecular complexity index is 459. The third-order valence-corrected chi connectivity index (χ3v) is 4.15. The van der Waals surface area contributed by atoms with Crippen LogP contribution in [0.5, 0.6) is 0 Å². The predicted molar refractivity (Wildman–Crippen MR) is 71.4 cm³/mol. The molecule has 0 amide bonds. The summed E-state index contributed by atoms with van der Waals surface area (Å²) >= 11 is 1.33. The summed E-state index contributed by atoms with van der Waals surface area (Å²) in [6.45, 7) is 3.39. The molecule has 0 atom stereocenters. The first-order valence-electron chi connectivity index (χ1n) is 6.25. The Balaban J connectivity index is 1.93. The lowest BCUT2D eigenvalue weighted by molar-refractivity contribution is -0.137. The number of hydrogen-bond acceptors (Lipinski definition) is 4. The molecule has 7 heteroatoms. The number of halogens is 3. The number of nitrogens with zero attached hydrogens (tertiary/aromatic N) is 2. The number of aldehydes is 1. The highest BCUT2D eigenvalue weighted by molar-refractivity contribution is 7.97. The van der Waals surface area contributed by atoms with Gasteiger partial charge in [0.15, 0.2) is 0 Å². The van der Waals surface area contributed by atoms with Gasteiger partial charge in [-0.1, -0.05) is 6.07 Å². The Kier molecular flexibility index (Phi) is 5.06. The van der Waals surface area contributed by atoms with Crippen LogP contribution in [0, 0.1) is 0 Å². The standard InChI is InChI=1S/C13H15F3N2OS/c14-13(15,16)11-2-1-3-12(10-11)20-18-6-4-17(5-7-18)8-9-19/h1-3,9-10H,4-8H2. The Morgan fingerprint density at radius 2 is 1.90 bits per heavy atom. The number of rotatable bonds is 4. The molecule has 1 fully saturated rings. The van der Waals surface area contributed by atoms with Gasteiger partial charge in [-0.05, 0) is 30.1 Å². The number of hydrogen-bond donors (Lipinski definition) is 0. The molecule has 1 heterocycles. The molecule has 20 heavy (non-hydrogen) atoms. The molecule has 0 radical (unpaired) electrons. The van der Waals surface area contributed by atoms with E-state index in [4.69, 9.17) is 0 Å². The molecule has 3 nitrogen and oxygen atoms in total. The fraction of sp³-hybridized carbons (Fsp3) is 0.462. The molecule has 1 aromatic carbocycles. The summed E-state index contributed by atoms with van der Waals surface area (Å²) in [6.07, 6.45) is -3.44. The summed E-state index contributed by atoms with van der Waals surface area (Å²) in [5, 5.41) is 0. The van der Waals surface area contributed by atoms with Gasteiger partial charge >= 0.3 is 6.18 Å². The van der Waals surface area contributed by atoms with Gasteiger partial charge in [0, 0.05) is 31.1 Å².